The van der Waals surface area contributed by atoms with Crippen LogP contribution in [0.1, 0.15) is 52.9 Å². The van der Waals surface area contributed by atoms with E-state index >= 15 is 0 Å². The van der Waals surface area contributed by atoms with Crippen LogP contribution in [0.3, 0.4) is 0 Å². The molecule has 0 aromatic heterocycles. The Morgan fingerprint density at radius 2 is 2.06 bits per heavy atom. The fourth-order valence-electron chi connectivity index (χ4n) is 1.81. The first-order valence-corrected chi connectivity index (χ1v) is 6.39. The second-order valence-electron chi connectivity index (χ2n) is 4.84. The molecule has 0 aliphatic heterocycles. The van der Waals surface area contributed by atoms with Crippen LogP contribution in [0, 0.1) is 11.3 Å². The van der Waals surface area contributed by atoms with E-state index in [2.05, 4.69) is 31.9 Å². The summed E-state index contributed by atoms with van der Waals surface area (Å²) in [6.45, 7) is 7.47. The lowest BCUT2D eigenvalue weighted by Gasteiger charge is -2.26. The zero-order valence-corrected chi connectivity index (χ0v) is 11.3. The molecule has 2 N–H and O–H groups in total. The Morgan fingerprint density at radius 3 is 2.50 bits per heavy atom. The highest BCUT2D eigenvalue weighted by atomic mass is 15.1. The van der Waals surface area contributed by atoms with Crippen LogP contribution in [-0.2, 0) is 0 Å². The summed E-state index contributed by atoms with van der Waals surface area (Å²) in [7, 11) is 2.15. The first-order chi connectivity index (χ1) is 7.49. The fraction of sp³-hybridized carbons (Fsp3) is 0.923. The quantitative estimate of drug-likeness (QED) is 0.690. The summed E-state index contributed by atoms with van der Waals surface area (Å²) in [5.41, 5.74) is 5.32. The van der Waals surface area contributed by atoms with Crippen LogP contribution in [-0.4, -0.2) is 30.1 Å². The van der Waals surface area contributed by atoms with E-state index in [4.69, 9.17) is 11.0 Å². The van der Waals surface area contributed by atoms with Gasteiger partial charge in [-0.15, -0.1) is 0 Å². The molecule has 2 unspecified atom stereocenters. The highest BCUT2D eigenvalue weighted by molar-refractivity contribution is 5.03. The Balaban J connectivity index is 3.86. The molecule has 0 saturated heterocycles. The number of hydrogen-bond donors (Lipinski definition) is 1. The largest absolute Gasteiger partial charge is 0.313 e. The van der Waals surface area contributed by atoms with Gasteiger partial charge in [0.15, 0.2) is 0 Å². The maximum Gasteiger partial charge on any atom is 0.104 e. The standard InChI is InChI=1S/C13H27N3/c1-5-8-12(3)16(4)10-7-9-13(15,6-2)11-14/h12H,5-10,15H2,1-4H3. The van der Waals surface area contributed by atoms with Crippen molar-refractivity contribution in [2.75, 3.05) is 13.6 Å². The molecule has 0 aromatic rings. The summed E-state index contributed by atoms with van der Waals surface area (Å²) in [5.74, 6) is 0. The smallest absolute Gasteiger partial charge is 0.104 e. The molecule has 0 radical (unpaired) electrons. The lowest BCUT2D eigenvalue weighted by Crippen LogP contribution is -2.38. The summed E-state index contributed by atoms with van der Waals surface area (Å²) >= 11 is 0. The molecule has 0 bridgehead atoms. The summed E-state index contributed by atoms with van der Waals surface area (Å²) in [4.78, 5) is 2.36. The molecular weight excluding hydrogens is 198 g/mol. The highest BCUT2D eigenvalue weighted by Gasteiger charge is 2.21. The monoisotopic (exact) mass is 225 g/mol. The molecule has 0 fully saturated rings. The Morgan fingerprint density at radius 1 is 1.44 bits per heavy atom. The first-order valence-electron chi connectivity index (χ1n) is 6.39. The summed E-state index contributed by atoms with van der Waals surface area (Å²) in [5, 5.41) is 8.96. The van der Waals surface area contributed by atoms with Crippen LogP contribution in [0.5, 0.6) is 0 Å². The topological polar surface area (TPSA) is 53.0 Å². The molecule has 3 heteroatoms. The molecule has 0 aromatic carbocycles. The van der Waals surface area contributed by atoms with Crippen molar-refractivity contribution in [1.29, 1.82) is 5.26 Å². The number of nitrogens with two attached hydrogens (primary N) is 1. The van der Waals surface area contributed by atoms with Gasteiger partial charge in [0.2, 0.25) is 0 Å². The molecule has 0 aliphatic rings. The van der Waals surface area contributed by atoms with Crippen molar-refractivity contribution in [3.05, 3.63) is 0 Å². The lowest BCUT2D eigenvalue weighted by molar-refractivity contribution is 0.234. The zero-order valence-electron chi connectivity index (χ0n) is 11.3. The molecular formula is C13H27N3. The van der Waals surface area contributed by atoms with Crippen molar-refractivity contribution in [3.63, 3.8) is 0 Å². The fourth-order valence-corrected chi connectivity index (χ4v) is 1.81. The van der Waals surface area contributed by atoms with Crippen molar-refractivity contribution in [3.8, 4) is 6.07 Å². The summed E-state index contributed by atoms with van der Waals surface area (Å²) in [6, 6.07) is 2.84. The molecule has 16 heavy (non-hydrogen) atoms. The molecule has 0 rings (SSSR count). The normalized spacial score (nSPS) is 16.8. The van der Waals surface area contributed by atoms with E-state index in [1.54, 1.807) is 0 Å². The van der Waals surface area contributed by atoms with Gasteiger partial charge in [-0.05, 0) is 46.2 Å². The maximum atomic E-state index is 8.96. The van der Waals surface area contributed by atoms with Crippen molar-refractivity contribution >= 4 is 0 Å². The third-order valence-corrected chi connectivity index (χ3v) is 3.45. The average Bonchev–Trinajstić information content (AvgIpc) is 2.29. The molecule has 0 aliphatic carbocycles. The van der Waals surface area contributed by atoms with Gasteiger partial charge in [0.1, 0.15) is 5.54 Å². The molecule has 2 atom stereocenters. The van der Waals surface area contributed by atoms with Gasteiger partial charge in [-0.2, -0.15) is 5.26 Å². The van der Waals surface area contributed by atoms with Crippen LogP contribution < -0.4 is 5.73 Å². The average molecular weight is 225 g/mol. The number of rotatable bonds is 8. The van der Waals surface area contributed by atoms with E-state index in [0.29, 0.717) is 6.04 Å². The van der Waals surface area contributed by atoms with E-state index in [-0.39, 0.29) is 0 Å². The number of hydrogen-bond acceptors (Lipinski definition) is 3. The minimum Gasteiger partial charge on any atom is -0.313 e. The van der Waals surface area contributed by atoms with Crippen LogP contribution in [0.2, 0.25) is 0 Å². The van der Waals surface area contributed by atoms with Gasteiger partial charge < -0.3 is 10.6 Å². The first kappa shape index (κ1) is 15.4. The van der Waals surface area contributed by atoms with Crippen LogP contribution >= 0.6 is 0 Å². The van der Waals surface area contributed by atoms with Gasteiger partial charge in [0.05, 0.1) is 6.07 Å². The third-order valence-electron chi connectivity index (χ3n) is 3.45. The Hall–Kier alpha value is -0.590. The van der Waals surface area contributed by atoms with Gasteiger partial charge in [-0.3, -0.25) is 0 Å². The SMILES string of the molecule is CCCC(C)N(C)CCCC(N)(C#N)CC. The molecule has 94 valence electrons. The zero-order chi connectivity index (χ0) is 12.6. The molecule has 0 amide bonds. The van der Waals surface area contributed by atoms with Crippen LogP contribution in [0.4, 0.5) is 0 Å². The van der Waals surface area contributed by atoms with Gasteiger partial charge in [-0.25, -0.2) is 0 Å². The molecule has 0 spiro atoms. The second-order valence-corrected chi connectivity index (χ2v) is 4.84. The molecule has 3 nitrogen and oxygen atoms in total. The van der Waals surface area contributed by atoms with Crippen molar-refractivity contribution in [1.82, 2.24) is 4.90 Å². The van der Waals surface area contributed by atoms with Gasteiger partial charge in [0, 0.05) is 6.04 Å². The predicted octanol–water partition coefficient (Wildman–Crippen LogP) is 2.52. The lowest BCUT2D eigenvalue weighted by atomic mass is 9.93. The molecule has 0 saturated carbocycles. The number of nitriles is 1. The minimum atomic E-state index is -0.616. The minimum absolute atomic E-state index is 0.616. The number of nitrogens with zero attached hydrogens (tertiary/aromatic N) is 2. The van der Waals surface area contributed by atoms with Crippen LogP contribution in [0.15, 0.2) is 0 Å². The van der Waals surface area contributed by atoms with Gasteiger partial charge in [-0.1, -0.05) is 20.3 Å². The Kier molecular flexibility index (Phi) is 7.36. The summed E-state index contributed by atoms with van der Waals surface area (Å²) < 4.78 is 0. The molecule has 0 heterocycles. The van der Waals surface area contributed by atoms with Crippen molar-refractivity contribution in [2.24, 2.45) is 5.73 Å². The van der Waals surface area contributed by atoms with Crippen molar-refractivity contribution < 1.29 is 0 Å². The van der Waals surface area contributed by atoms with Crippen molar-refractivity contribution in [2.45, 2.75) is 64.5 Å². The summed E-state index contributed by atoms with van der Waals surface area (Å²) in [6.07, 6.45) is 4.99. The van der Waals surface area contributed by atoms with E-state index in [1.807, 2.05) is 6.92 Å². The van der Waals surface area contributed by atoms with E-state index < -0.39 is 5.54 Å². The van der Waals surface area contributed by atoms with Gasteiger partial charge in [0.25, 0.3) is 0 Å². The van der Waals surface area contributed by atoms with Gasteiger partial charge >= 0.3 is 0 Å². The maximum absolute atomic E-state index is 8.96. The third kappa shape index (κ3) is 5.48. The second kappa shape index (κ2) is 7.65. The highest BCUT2D eigenvalue weighted by Crippen LogP contribution is 2.14. The van der Waals surface area contributed by atoms with E-state index in [0.717, 1.165) is 25.8 Å². The van der Waals surface area contributed by atoms with E-state index in [9.17, 15) is 0 Å². The van der Waals surface area contributed by atoms with E-state index in [1.165, 1.54) is 12.8 Å². The Labute approximate surface area is 101 Å². The van der Waals surface area contributed by atoms with Crippen LogP contribution in [0.25, 0.3) is 0 Å². The predicted molar refractivity (Wildman–Crippen MR) is 69.1 cm³/mol. The Bertz CT molecular complexity index is 222.